The molecule has 0 aromatic heterocycles. The number of guanidine groups is 1. The van der Waals surface area contributed by atoms with Crippen LogP contribution in [0.25, 0.3) is 0 Å². The molecule has 1 aliphatic heterocycles. The number of hydrogen-bond acceptors (Lipinski definition) is 3. The van der Waals surface area contributed by atoms with Gasteiger partial charge in [-0.2, -0.15) is 0 Å². The number of carbonyl (C=O) groups is 1. The lowest BCUT2D eigenvalue weighted by atomic mass is 10.1. The monoisotopic (exact) mass is 407 g/mol. The molecular weight excluding hydrogens is 374 g/mol. The number of nitrogens with one attached hydrogen (secondary N) is 2. The molecule has 30 heavy (non-hydrogen) atoms. The number of rotatable bonds is 5. The molecule has 2 aromatic carbocycles. The zero-order chi connectivity index (χ0) is 21.5. The maximum Gasteiger partial charge on any atom is 0.251 e. The van der Waals surface area contributed by atoms with Crippen molar-refractivity contribution in [1.29, 1.82) is 0 Å². The first kappa shape index (κ1) is 21.7. The summed E-state index contributed by atoms with van der Waals surface area (Å²) in [6.07, 6.45) is 0. The smallest absolute Gasteiger partial charge is 0.251 e. The van der Waals surface area contributed by atoms with Gasteiger partial charge in [0.25, 0.3) is 5.91 Å². The molecule has 0 radical (unpaired) electrons. The van der Waals surface area contributed by atoms with Crippen LogP contribution in [0.15, 0.2) is 47.5 Å². The van der Waals surface area contributed by atoms with Crippen LogP contribution >= 0.6 is 0 Å². The summed E-state index contributed by atoms with van der Waals surface area (Å²) in [6, 6.07) is 14.3. The molecule has 1 saturated heterocycles. The summed E-state index contributed by atoms with van der Waals surface area (Å²) in [5, 5.41) is 6.30. The summed E-state index contributed by atoms with van der Waals surface area (Å²) >= 11 is 0. The zero-order valence-electron chi connectivity index (χ0n) is 18.5. The molecule has 1 fully saturated rings. The van der Waals surface area contributed by atoms with Gasteiger partial charge in [-0.25, -0.2) is 0 Å². The van der Waals surface area contributed by atoms with Crippen LogP contribution in [0.1, 0.15) is 34.0 Å². The number of aliphatic imine (C=N–C) groups is 1. The molecule has 1 aliphatic rings. The van der Waals surface area contributed by atoms with Gasteiger partial charge in [-0.3, -0.25) is 9.79 Å². The Morgan fingerprint density at radius 2 is 1.77 bits per heavy atom. The van der Waals surface area contributed by atoms with Crippen LogP contribution in [0.3, 0.4) is 0 Å². The summed E-state index contributed by atoms with van der Waals surface area (Å²) < 4.78 is 0. The molecule has 0 saturated carbocycles. The Bertz CT molecular complexity index is 900. The van der Waals surface area contributed by atoms with E-state index in [4.69, 9.17) is 0 Å². The molecular formula is C24H33N5O. The van der Waals surface area contributed by atoms with Gasteiger partial charge in [0.2, 0.25) is 0 Å². The minimum atomic E-state index is -0.0358. The molecule has 0 aliphatic carbocycles. The van der Waals surface area contributed by atoms with Gasteiger partial charge in [-0.05, 0) is 55.7 Å². The fourth-order valence-corrected chi connectivity index (χ4v) is 3.84. The predicted octanol–water partition coefficient (Wildman–Crippen LogP) is 2.95. The Morgan fingerprint density at radius 1 is 1.03 bits per heavy atom. The number of amides is 1. The van der Waals surface area contributed by atoms with Crippen molar-refractivity contribution in [3.05, 3.63) is 64.7 Å². The third-order valence-electron chi connectivity index (χ3n) is 5.68. The molecule has 0 bridgehead atoms. The number of carbonyl (C=O) groups excluding carboxylic acids is 1. The molecule has 3 rings (SSSR count). The SMILES string of the molecule is CCNC(=O)c1cccc(CNC(=NC)N2CCN(c3cccc(C)c3C)CC2)c1. The van der Waals surface area contributed by atoms with E-state index in [1.807, 2.05) is 38.2 Å². The van der Waals surface area contributed by atoms with E-state index >= 15 is 0 Å². The summed E-state index contributed by atoms with van der Waals surface area (Å²) in [7, 11) is 1.82. The fraction of sp³-hybridized carbons (Fsp3) is 0.417. The lowest BCUT2D eigenvalue weighted by Crippen LogP contribution is -2.52. The average molecular weight is 408 g/mol. The van der Waals surface area contributed by atoms with E-state index in [-0.39, 0.29) is 5.91 Å². The second-order valence-electron chi connectivity index (χ2n) is 7.65. The Kier molecular flexibility index (Phi) is 7.33. The molecule has 0 atom stereocenters. The maximum atomic E-state index is 12.1. The molecule has 160 valence electrons. The van der Waals surface area contributed by atoms with Crippen molar-refractivity contribution in [2.24, 2.45) is 4.99 Å². The van der Waals surface area contributed by atoms with E-state index in [0.717, 1.165) is 37.7 Å². The van der Waals surface area contributed by atoms with Crippen LogP contribution in [0, 0.1) is 13.8 Å². The largest absolute Gasteiger partial charge is 0.368 e. The van der Waals surface area contributed by atoms with Gasteiger partial charge in [-0.1, -0.05) is 24.3 Å². The van der Waals surface area contributed by atoms with Crippen molar-refractivity contribution in [3.63, 3.8) is 0 Å². The summed E-state index contributed by atoms with van der Waals surface area (Å²) in [5.74, 6) is 0.866. The Morgan fingerprint density at radius 3 is 2.47 bits per heavy atom. The molecule has 2 aromatic rings. The van der Waals surface area contributed by atoms with E-state index in [1.165, 1.54) is 16.8 Å². The summed E-state index contributed by atoms with van der Waals surface area (Å²) in [4.78, 5) is 21.3. The second-order valence-corrected chi connectivity index (χ2v) is 7.65. The Labute approximate surface area is 180 Å². The standard InChI is InChI=1S/C24H33N5O/c1-5-26-23(30)21-10-7-9-20(16-21)17-27-24(25-4)29-14-12-28(13-15-29)22-11-6-8-18(2)19(22)3/h6-11,16H,5,12-15,17H2,1-4H3,(H,25,27)(H,26,30). The quantitative estimate of drug-likeness (QED) is 0.591. The third-order valence-corrected chi connectivity index (χ3v) is 5.68. The van der Waals surface area contributed by atoms with Crippen molar-refractivity contribution < 1.29 is 4.79 Å². The highest BCUT2D eigenvalue weighted by atomic mass is 16.1. The highest BCUT2D eigenvalue weighted by Gasteiger charge is 2.21. The minimum absolute atomic E-state index is 0.0358. The van der Waals surface area contributed by atoms with Crippen LogP contribution < -0.4 is 15.5 Å². The van der Waals surface area contributed by atoms with E-state index in [9.17, 15) is 4.79 Å². The van der Waals surface area contributed by atoms with Gasteiger partial charge in [0.1, 0.15) is 0 Å². The molecule has 6 nitrogen and oxygen atoms in total. The van der Waals surface area contributed by atoms with Crippen molar-refractivity contribution in [2.45, 2.75) is 27.3 Å². The lowest BCUT2D eigenvalue weighted by Gasteiger charge is -2.38. The van der Waals surface area contributed by atoms with E-state index in [0.29, 0.717) is 18.7 Å². The van der Waals surface area contributed by atoms with Crippen LogP contribution in [0.5, 0.6) is 0 Å². The van der Waals surface area contributed by atoms with E-state index in [1.54, 1.807) is 0 Å². The van der Waals surface area contributed by atoms with Crippen molar-refractivity contribution >= 4 is 17.6 Å². The number of hydrogen-bond donors (Lipinski definition) is 2. The molecule has 6 heteroatoms. The number of piperazine rings is 1. The normalized spacial score (nSPS) is 14.6. The molecule has 2 N–H and O–H groups in total. The van der Waals surface area contributed by atoms with Gasteiger partial charge in [-0.15, -0.1) is 0 Å². The van der Waals surface area contributed by atoms with E-state index < -0.39 is 0 Å². The molecule has 1 amide bonds. The van der Waals surface area contributed by atoms with Crippen LogP contribution in [0.4, 0.5) is 5.69 Å². The second kappa shape index (κ2) is 10.1. The number of benzene rings is 2. The Hall–Kier alpha value is -3.02. The first-order valence-electron chi connectivity index (χ1n) is 10.7. The summed E-state index contributed by atoms with van der Waals surface area (Å²) in [5.41, 5.74) is 5.78. The van der Waals surface area contributed by atoms with Crippen LogP contribution in [-0.4, -0.2) is 56.5 Å². The van der Waals surface area contributed by atoms with Crippen molar-refractivity contribution in [1.82, 2.24) is 15.5 Å². The minimum Gasteiger partial charge on any atom is -0.368 e. The first-order valence-corrected chi connectivity index (χ1v) is 10.7. The van der Waals surface area contributed by atoms with Gasteiger partial charge in [0.05, 0.1) is 0 Å². The molecule has 0 unspecified atom stereocenters. The third kappa shape index (κ3) is 5.12. The average Bonchev–Trinajstić information content (AvgIpc) is 2.77. The predicted molar refractivity (Wildman–Crippen MR) is 124 cm³/mol. The van der Waals surface area contributed by atoms with Crippen LogP contribution in [-0.2, 0) is 6.54 Å². The van der Waals surface area contributed by atoms with Crippen molar-refractivity contribution in [2.75, 3.05) is 44.7 Å². The first-order chi connectivity index (χ1) is 14.5. The topological polar surface area (TPSA) is 60.0 Å². The zero-order valence-corrected chi connectivity index (χ0v) is 18.5. The number of anilines is 1. The van der Waals surface area contributed by atoms with Gasteiger partial charge in [0.15, 0.2) is 5.96 Å². The van der Waals surface area contributed by atoms with Gasteiger partial charge >= 0.3 is 0 Å². The highest BCUT2D eigenvalue weighted by molar-refractivity contribution is 5.94. The summed E-state index contributed by atoms with van der Waals surface area (Å²) in [6.45, 7) is 11.3. The van der Waals surface area contributed by atoms with Crippen LogP contribution in [0.2, 0.25) is 0 Å². The van der Waals surface area contributed by atoms with E-state index in [2.05, 4.69) is 57.5 Å². The Balaban J connectivity index is 1.57. The highest BCUT2D eigenvalue weighted by Crippen LogP contribution is 2.23. The lowest BCUT2D eigenvalue weighted by molar-refractivity contribution is 0.0955. The molecule has 1 heterocycles. The number of nitrogens with zero attached hydrogens (tertiary/aromatic N) is 3. The fourth-order valence-electron chi connectivity index (χ4n) is 3.84. The van der Waals surface area contributed by atoms with Gasteiger partial charge < -0.3 is 20.4 Å². The number of aryl methyl sites for hydroxylation is 1. The molecule has 0 spiro atoms. The van der Waals surface area contributed by atoms with Gasteiger partial charge in [0, 0.05) is 57.6 Å². The maximum absolute atomic E-state index is 12.1. The van der Waals surface area contributed by atoms with Crippen molar-refractivity contribution in [3.8, 4) is 0 Å².